The van der Waals surface area contributed by atoms with E-state index in [2.05, 4.69) is 0 Å². The molecule has 0 saturated heterocycles. The number of benzene rings is 1. The van der Waals surface area contributed by atoms with Gasteiger partial charge < -0.3 is 10.3 Å². The number of halogens is 4. The van der Waals surface area contributed by atoms with Crippen molar-refractivity contribution in [2.24, 2.45) is 5.73 Å². The van der Waals surface area contributed by atoms with Gasteiger partial charge in [0.15, 0.2) is 0 Å². The van der Waals surface area contributed by atoms with Crippen LogP contribution in [0.3, 0.4) is 0 Å². The molecule has 3 nitrogen and oxygen atoms in total. The van der Waals surface area contributed by atoms with Crippen molar-refractivity contribution in [2.45, 2.75) is 6.18 Å². The van der Waals surface area contributed by atoms with E-state index >= 15 is 0 Å². The molecule has 2 aromatic heterocycles. The van der Waals surface area contributed by atoms with Gasteiger partial charge >= 0.3 is 6.18 Å². The van der Waals surface area contributed by atoms with E-state index in [1.54, 1.807) is 35.7 Å². The molecule has 8 heteroatoms. The van der Waals surface area contributed by atoms with Gasteiger partial charge in [-0.2, -0.15) is 13.2 Å². The Morgan fingerprint density at radius 1 is 1.12 bits per heavy atom. The van der Waals surface area contributed by atoms with E-state index in [0.29, 0.717) is 10.7 Å². The van der Waals surface area contributed by atoms with E-state index in [4.69, 9.17) is 17.3 Å². The molecule has 2 heterocycles. The lowest BCUT2D eigenvalue weighted by Crippen LogP contribution is -2.16. The second kappa shape index (κ2) is 5.99. The van der Waals surface area contributed by atoms with Crippen LogP contribution < -0.4 is 5.73 Å². The number of rotatable bonds is 3. The molecule has 3 aromatic rings. The molecule has 0 unspecified atom stereocenters. The van der Waals surface area contributed by atoms with Crippen molar-refractivity contribution in [3.8, 4) is 16.1 Å². The molecular weight excluding hydrogens is 361 g/mol. The van der Waals surface area contributed by atoms with Gasteiger partial charge in [0.2, 0.25) is 0 Å². The predicted molar refractivity (Wildman–Crippen MR) is 87.6 cm³/mol. The van der Waals surface area contributed by atoms with E-state index in [9.17, 15) is 18.0 Å². The fourth-order valence-corrected chi connectivity index (χ4v) is 3.36. The number of primary amides is 1. The summed E-state index contributed by atoms with van der Waals surface area (Å²) in [6, 6.07) is 8.64. The van der Waals surface area contributed by atoms with Gasteiger partial charge in [0.25, 0.3) is 5.91 Å². The first kappa shape index (κ1) is 16.6. The van der Waals surface area contributed by atoms with Crippen molar-refractivity contribution < 1.29 is 18.0 Å². The molecule has 3 rings (SSSR count). The first-order chi connectivity index (χ1) is 11.3. The number of carbonyl (C=O) groups is 1. The molecule has 0 saturated carbocycles. The zero-order valence-electron chi connectivity index (χ0n) is 12.0. The summed E-state index contributed by atoms with van der Waals surface area (Å²) in [5.41, 5.74) is 4.81. The quantitative estimate of drug-likeness (QED) is 0.694. The number of carbonyl (C=O) groups excluding carboxylic acids is 1. The molecule has 1 amide bonds. The maximum Gasteiger partial charge on any atom is 0.418 e. The van der Waals surface area contributed by atoms with Crippen molar-refractivity contribution >= 4 is 28.8 Å². The number of thiophene rings is 1. The molecule has 0 atom stereocenters. The van der Waals surface area contributed by atoms with Crippen LogP contribution in [0.2, 0.25) is 5.02 Å². The number of hydrogen-bond donors (Lipinski definition) is 1. The predicted octanol–water partition coefficient (Wildman–Crippen LogP) is 4.98. The third-order valence-electron chi connectivity index (χ3n) is 3.43. The van der Waals surface area contributed by atoms with E-state index in [-0.39, 0.29) is 0 Å². The highest BCUT2D eigenvalue weighted by Gasteiger charge is 2.36. The van der Waals surface area contributed by atoms with E-state index < -0.39 is 23.2 Å². The summed E-state index contributed by atoms with van der Waals surface area (Å²) < 4.78 is 40.6. The highest BCUT2D eigenvalue weighted by molar-refractivity contribution is 7.14. The zero-order chi connectivity index (χ0) is 17.5. The van der Waals surface area contributed by atoms with Gasteiger partial charge in [-0.15, -0.1) is 11.3 Å². The van der Waals surface area contributed by atoms with Gasteiger partial charge in [-0.05, 0) is 29.1 Å². The molecule has 0 radical (unpaired) electrons. The van der Waals surface area contributed by atoms with Crippen molar-refractivity contribution in [2.75, 3.05) is 0 Å². The van der Waals surface area contributed by atoms with Crippen LogP contribution in [0.25, 0.3) is 16.1 Å². The van der Waals surface area contributed by atoms with Gasteiger partial charge in [-0.25, -0.2) is 0 Å². The zero-order valence-corrected chi connectivity index (χ0v) is 13.5. The average molecular weight is 371 g/mol. The highest BCUT2D eigenvalue weighted by atomic mass is 35.5. The van der Waals surface area contributed by atoms with Crippen molar-refractivity contribution in [3.05, 3.63) is 64.3 Å². The maximum absolute atomic E-state index is 13.1. The standard InChI is InChI=1S/C16H10ClF3N2OS/c17-10-3-1-9(2-4-10)14-13(5-6-24-14)22-7-11(15(21)23)12(8-22)16(18,19)20/h1-8H,(H2,21,23). The lowest BCUT2D eigenvalue weighted by atomic mass is 10.1. The minimum absolute atomic E-state index is 0.528. The second-order valence-electron chi connectivity index (χ2n) is 5.00. The summed E-state index contributed by atoms with van der Waals surface area (Å²) in [7, 11) is 0. The summed E-state index contributed by atoms with van der Waals surface area (Å²) in [5.74, 6) is -1.12. The molecule has 1 aromatic carbocycles. The molecule has 2 N–H and O–H groups in total. The van der Waals surface area contributed by atoms with Crippen LogP contribution >= 0.6 is 22.9 Å². The summed E-state index contributed by atoms with van der Waals surface area (Å²) in [5, 5.41) is 2.32. The molecule has 0 spiro atoms. The summed E-state index contributed by atoms with van der Waals surface area (Å²) in [6.45, 7) is 0. The SMILES string of the molecule is NC(=O)c1cn(-c2ccsc2-c2ccc(Cl)cc2)cc1C(F)(F)F. The Morgan fingerprint density at radius 3 is 2.33 bits per heavy atom. The highest BCUT2D eigenvalue weighted by Crippen LogP contribution is 2.37. The van der Waals surface area contributed by atoms with Crippen LogP contribution in [0.15, 0.2) is 48.1 Å². The third kappa shape index (κ3) is 3.05. The molecule has 0 aliphatic rings. The molecule has 124 valence electrons. The number of nitrogens with two attached hydrogens (primary N) is 1. The second-order valence-corrected chi connectivity index (χ2v) is 6.35. The Balaban J connectivity index is 2.13. The first-order valence-corrected chi connectivity index (χ1v) is 7.96. The smallest absolute Gasteiger partial charge is 0.366 e. The maximum atomic E-state index is 13.1. The number of amides is 1. The van der Waals surface area contributed by atoms with Gasteiger partial charge in [-0.1, -0.05) is 23.7 Å². The molecular formula is C16H10ClF3N2OS. The summed E-state index contributed by atoms with van der Waals surface area (Å²) in [4.78, 5) is 12.1. The number of nitrogens with zero attached hydrogens (tertiary/aromatic N) is 1. The largest absolute Gasteiger partial charge is 0.418 e. The van der Waals surface area contributed by atoms with Crippen LogP contribution in [-0.4, -0.2) is 10.5 Å². The van der Waals surface area contributed by atoms with Crippen molar-refractivity contribution in [1.29, 1.82) is 0 Å². The van der Waals surface area contributed by atoms with Crippen LogP contribution in [0.4, 0.5) is 13.2 Å². The monoisotopic (exact) mass is 370 g/mol. The summed E-state index contributed by atoms with van der Waals surface area (Å²) in [6.07, 6.45) is -2.68. The van der Waals surface area contributed by atoms with E-state index in [1.165, 1.54) is 15.9 Å². The first-order valence-electron chi connectivity index (χ1n) is 6.70. The molecule has 0 aliphatic heterocycles. The van der Waals surface area contributed by atoms with Crippen LogP contribution in [0, 0.1) is 0 Å². The topological polar surface area (TPSA) is 48.0 Å². The van der Waals surface area contributed by atoms with Crippen LogP contribution in [0.5, 0.6) is 0 Å². The fraction of sp³-hybridized carbons (Fsp3) is 0.0625. The van der Waals surface area contributed by atoms with Crippen LogP contribution in [0.1, 0.15) is 15.9 Å². The Bertz CT molecular complexity index is 897. The molecule has 24 heavy (non-hydrogen) atoms. The Morgan fingerprint density at radius 2 is 1.79 bits per heavy atom. The lowest BCUT2D eigenvalue weighted by molar-refractivity contribution is -0.137. The molecule has 0 fully saturated rings. The number of hydrogen-bond acceptors (Lipinski definition) is 2. The van der Waals surface area contributed by atoms with Crippen molar-refractivity contribution in [1.82, 2.24) is 4.57 Å². The fourth-order valence-electron chi connectivity index (χ4n) is 2.34. The minimum Gasteiger partial charge on any atom is -0.366 e. The van der Waals surface area contributed by atoms with Crippen molar-refractivity contribution in [3.63, 3.8) is 0 Å². The van der Waals surface area contributed by atoms with E-state index in [1.807, 2.05) is 0 Å². The Labute approximate surface area is 144 Å². The van der Waals surface area contributed by atoms with Crippen LogP contribution in [-0.2, 0) is 6.18 Å². The van der Waals surface area contributed by atoms with Gasteiger partial charge in [0, 0.05) is 17.4 Å². The van der Waals surface area contributed by atoms with Gasteiger partial charge in [0.1, 0.15) is 0 Å². The normalized spacial score (nSPS) is 11.7. The summed E-state index contributed by atoms with van der Waals surface area (Å²) >= 11 is 7.23. The molecule has 0 bridgehead atoms. The minimum atomic E-state index is -4.66. The number of alkyl halides is 3. The van der Waals surface area contributed by atoms with E-state index in [0.717, 1.165) is 22.8 Å². The number of aromatic nitrogens is 1. The Kier molecular flexibility index (Phi) is 4.15. The lowest BCUT2D eigenvalue weighted by Gasteiger charge is -2.06. The average Bonchev–Trinajstić information content (AvgIpc) is 3.14. The molecule has 0 aliphatic carbocycles. The van der Waals surface area contributed by atoms with Gasteiger partial charge in [-0.3, -0.25) is 4.79 Å². The van der Waals surface area contributed by atoms with Gasteiger partial charge in [0.05, 0.1) is 21.7 Å². The Hall–Kier alpha value is -2.25. The third-order valence-corrected chi connectivity index (χ3v) is 4.63.